The van der Waals surface area contributed by atoms with Crippen molar-refractivity contribution in [1.29, 1.82) is 0 Å². The summed E-state index contributed by atoms with van der Waals surface area (Å²) in [5.74, 6) is 0. The third kappa shape index (κ3) is 3.35. The van der Waals surface area contributed by atoms with Gasteiger partial charge in [-0.05, 0) is 37.6 Å². The zero-order valence-corrected chi connectivity index (χ0v) is 14.5. The molecule has 3 aromatic heterocycles. The Morgan fingerprint density at radius 1 is 0.667 bits per heavy atom. The molecule has 122 valence electrons. The Balaban J connectivity index is 2.20. The maximum absolute atomic E-state index is 5.74. The Hall–Kier alpha value is -2.16. The SMILES string of the molecule is NCCCC[P+](c1ccccn1)(c1ccccn1)c1ccccn1. The molecule has 0 aliphatic heterocycles. The van der Waals surface area contributed by atoms with Gasteiger partial charge in [-0.2, -0.15) is 0 Å². The molecule has 3 aromatic rings. The summed E-state index contributed by atoms with van der Waals surface area (Å²) in [4.78, 5) is 14.2. The van der Waals surface area contributed by atoms with Crippen LogP contribution in [-0.2, 0) is 0 Å². The van der Waals surface area contributed by atoms with Crippen LogP contribution in [-0.4, -0.2) is 27.7 Å². The highest BCUT2D eigenvalue weighted by molar-refractivity contribution is 7.95. The second-order valence-electron chi connectivity index (χ2n) is 5.59. The zero-order valence-electron chi connectivity index (χ0n) is 13.6. The predicted octanol–water partition coefficient (Wildman–Crippen LogP) is 1.90. The van der Waals surface area contributed by atoms with Crippen LogP contribution in [0.2, 0.25) is 0 Å². The summed E-state index contributed by atoms with van der Waals surface area (Å²) in [6.45, 7) is 0.701. The average Bonchev–Trinajstić information content (AvgIpc) is 2.68. The lowest BCUT2D eigenvalue weighted by molar-refractivity contribution is 0.811. The molecule has 3 heterocycles. The molecule has 4 nitrogen and oxygen atoms in total. The Morgan fingerprint density at radius 3 is 1.46 bits per heavy atom. The van der Waals surface area contributed by atoms with E-state index < -0.39 is 7.26 Å². The van der Waals surface area contributed by atoms with E-state index >= 15 is 0 Å². The third-order valence-corrected chi connectivity index (χ3v) is 8.20. The van der Waals surface area contributed by atoms with Gasteiger partial charge in [0.2, 0.25) is 0 Å². The smallest absolute Gasteiger partial charge is 0.196 e. The molecule has 24 heavy (non-hydrogen) atoms. The number of pyridine rings is 3. The van der Waals surface area contributed by atoms with E-state index in [4.69, 9.17) is 20.7 Å². The summed E-state index contributed by atoms with van der Waals surface area (Å²) in [5.41, 5.74) is 8.99. The minimum Gasteiger partial charge on any atom is -0.330 e. The number of aromatic nitrogens is 3. The molecule has 0 aromatic carbocycles. The number of hydrogen-bond donors (Lipinski definition) is 1. The van der Waals surface area contributed by atoms with Gasteiger partial charge in [-0.25, -0.2) is 15.0 Å². The fourth-order valence-electron chi connectivity index (χ4n) is 2.93. The highest BCUT2D eigenvalue weighted by Gasteiger charge is 2.49. The first-order valence-electron chi connectivity index (χ1n) is 8.21. The van der Waals surface area contributed by atoms with Crippen LogP contribution in [0, 0.1) is 0 Å². The molecule has 0 radical (unpaired) electrons. The Bertz CT molecular complexity index is 638. The van der Waals surface area contributed by atoms with Crippen molar-refractivity contribution < 1.29 is 0 Å². The van der Waals surface area contributed by atoms with Crippen LogP contribution in [0.25, 0.3) is 0 Å². The first-order chi connectivity index (χ1) is 11.9. The first-order valence-corrected chi connectivity index (χ1v) is 10.2. The van der Waals surface area contributed by atoms with Gasteiger partial charge in [-0.3, -0.25) is 0 Å². The van der Waals surface area contributed by atoms with Gasteiger partial charge in [0.15, 0.2) is 23.6 Å². The van der Waals surface area contributed by atoms with Crippen molar-refractivity contribution in [3.05, 3.63) is 73.2 Å². The minimum absolute atomic E-state index is 0.701. The van der Waals surface area contributed by atoms with E-state index in [1.807, 2.05) is 55.0 Å². The highest BCUT2D eigenvalue weighted by Crippen LogP contribution is 2.54. The molecule has 0 aliphatic rings. The Labute approximate surface area is 143 Å². The third-order valence-electron chi connectivity index (χ3n) is 4.07. The zero-order chi connectivity index (χ0) is 16.7. The maximum Gasteiger partial charge on any atom is 0.196 e. The highest BCUT2D eigenvalue weighted by atomic mass is 31.2. The monoisotopic (exact) mass is 337 g/mol. The van der Waals surface area contributed by atoms with Gasteiger partial charge in [0, 0.05) is 36.8 Å². The molecule has 0 atom stereocenters. The molecule has 0 aliphatic carbocycles. The van der Waals surface area contributed by atoms with Gasteiger partial charge in [0.25, 0.3) is 0 Å². The topological polar surface area (TPSA) is 64.7 Å². The number of nitrogens with zero attached hydrogens (tertiary/aromatic N) is 3. The lowest BCUT2D eigenvalue weighted by Gasteiger charge is -2.24. The van der Waals surface area contributed by atoms with Crippen LogP contribution in [0.1, 0.15) is 12.8 Å². The Kier molecular flexibility index (Phi) is 5.63. The molecule has 0 saturated carbocycles. The van der Waals surface area contributed by atoms with Crippen molar-refractivity contribution in [3.63, 3.8) is 0 Å². The molecular weight excluding hydrogens is 315 g/mol. The summed E-state index contributed by atoms with van der Waals surface area (Å²) in [6, 6.07) is 18.3. The van der Waals surface area contributed by atoms with E-state index in [2.05, 4.69) is 18.2 Å². The maximum atomic E-state index is 5.74. The summed E-state index contributed by atoms with van der Waals surface area (Å²) < 4.78 is 0. The Morgan fingerprint density at radius 2 is 1.12 bits per heavy atom. The lowest BCUT2D eigenvalue weighted by Crippen LogP contribution is -2.37. The van der Waals surface area contributed by atoms with E-state index in [1.165, 1.54) is 0 Å². The fourth-order valence-corrected chi connectivity index (χ4v) is 6.83. The van der Waals surface area contributed by atoms with Crippen LogP contribution in [0.15, 0.2) is 73.2 Å². The molecule has 0 fully saturated rings. The van der Waals surface area contributed by atoms with Gasteiger partial charge < -0.3 is 5.73 Å². The molecule has 5 heteroatoms. The van der Waals surface area contributed by atoms with E-state index in [9.17, 15) is 0 Å². The number of rotatable bonds is 7. The molecule has 0 bridgehead atoms. The van der Waals surface area contributed by atoms with E-state index in [-0.39, 0.29) is 0 Å². The molecule has 0 unspecified atom stereocenters. The normalized spacial score (nSPS) is 11.4. The molecule has 0 saturated heterocycles. The number of nitrogens with two attached hydrogens (primary N) is 1. The summed E-state index contributed by atoms with van der Waals surface area (Å²) in [7, 11) is -1.97. The van der Waals surface area contributed by atoms with Crippen molar-refractivity contribution in [2.75, 3.05) is 12.7 Å². The van der Waals surface area contributed by atoms with Gasteiger partial charge in [0.1, 0.15) is 0 Å². The van der Waals surface area contributed by atoms with Crippen molar-refractivity contribution in [2.45, 2.75) is 12.8 Å². The molecule has 0 spiro atoms. The van der Waals surface area contributed by atoms with Crippen LogP contribution in [0.5, 0.6) is 0 Å². The van der Waals surface area contributed by atoms with Gasteiger partial charge >= 0.3 is 0 Å². The predicted molar refractivity (Wildman–Crippen MR) is 102 cm³/mol. The van der Waals surface area contributed by atoms with Crippen molar-refractivity contribution >= 4 is 23.6 Å². The van der Waals surface area contributed by atoms with Crippen LogP contribution in [0.4, 0.5) is 0 Å². The van der Waals surface area contributed by atoms with E-state index in [0.29, 0.717) is 6.54 Å². The minimum atomic E-state index is -1.97. The molecule has 3 rings (SSSR count). The van der Waals surface area contributed by atoms with Crippen LogP contribution >= 0.6 is 7.26 Å². The van der Waals surface area contributed by atoms with Crippen LogP contribution < -0.4 is 22.0 Å². The molecular formula is C19H22N4P+. The quantitative estimate of drug-likeness (QED) is 0.528. The largest absolute Gasteiger partial charge is 0.330 e. The number of hydrogen-bond acceptors (Lipinski definition) is 4. The van der Waals surface area contributed by atoms with Crippen molar-refractivity contribution in [2.24, 2.45) is 5.73 Å². The van der Waals surface area contributed by atoms with E-state index in [1.54, 1.807) is 0 Å². The van der Waals surface area contributed by atoms with Crippen molar-refractivity contribution in [3.8, 4) is 0 Å². The van der Waals surface area contributed by atoms with Gasteiger partial charge in [-0.1, -0.05) is 18.2 Å². The second kappa shape index (κ2) is 8.09. The van der Waals surface area contributed by atoms with Crippen LogP contribution in [0.3, 0.4) is 0 Å². The first kappa shape index (κ1) is 16.7. The molecule has 2 N–H and O–H groups in total. The molecule has 0 amide bonds. The van der Waals surface area contributed by atoms with E-state index in [0.717, 1.165) is 35.3 Å². The standard InChI is InChI=1S/C19H22N4P/c20-12-4-8-16-24(17-9-1-5-13-21-17,18-10-2-6-14-22-18)19-11-3-7-15-23-19/h1-3,5-7,9-11,13-15H,4,8,12,16,20H2/q+1. The van der Waals surface area contributed by atoms with Gasteiger partial charge in [0.05, 0.1) is 6.16 Å². The van der Waals surface area contributed by atoms with Crippen molar-refractivity contribution in [1.82, 2.24) is 15.0 Å². The summed E-state index contributed by atoms with van der Waals surface area (Å²) in [5, 5.41) is 0. The van der Waals surface area contributed by atoms with Gasteiger partial charge in [-0.15, -0.1) is 0 Å². The summed E-state index contributed by atoms with van der Waals surface area (Å²) in [6.07, 6.45) is 8.59. The fraction of sp³-hybridized carbons (Fsp3) is 0.211. The summed E-state index contributed by atoms with van der Waals surface area (Å²) >= 11 is 0. The second-order valence-corrected chi connectivity index (χ2v) is 9.03. The number of unbranched alkanes of at least 4 members (excludes halogenated alkanes) is 1. The lowest BCUT2D eigenvalue weighted by atomic mass is 10.3. The average molecular weight is 337 g/mol.